The lowest BCUT2D eigenvalue weighted by atomic mass is 9.92. The van der Waals surface area contributed by atoms with Gasteiger partial charge >= 0.3 is 5.97 Å². The van der Waals surface area contributed by atoms with Crippen molar-refractivity contribution in [3.05, 3.63) is 11.1 Å². The fourth-order valence-corrected chi connectivity index (χ4v) is 2.71. The first-order valence-electron chi connectivity index (χ1n) is 5.66. The van der Waals surface area contributed by atoms with Gasteiger partial charge in [0.05, 0.1) is 6.61 Å². The van der Waals surface area contributed by atoms with Crippen LogP contribution in [-0.2, 0) is 4.74 Å². The predicted molar refractivity (Wildman–Crippen MR) is 65.9 cm³/mol. The Morgan fingerprint density at radius 3 is 2.94 bits per heavy atom. The number of aromatic nitrogens is 1. The van der Waals surface area contributed by atoms with Crippen LogP contribution in [0.3, 0.4) is 0 Å². The second kappa shape index (κ2) is 5.46. The number of aromatic carboxylic acids is 1. The van der Waals surface area contributed by atoms with Crippen molar-refractivity contribution in [3.63, 3.8) is 0 Å². The van der Waals surface area contributed by atoms with Crippen molar-refractivity contribution in [2.24, 2.45) is 0 Å². The van der Waals surface area contributed by atoms with E-state index in [1.165, 1.54) is 17.8 Å². The molecule has 17 heavy (non-hydrogen) atoms. The van der Waals surface area contributed by atoms with E-state index in [0.29, 0.717) is 12.6 Å². The summed E-state index contributed by atoms with van der Waals surface area (Å²) in [4.78, 5) is 17.1. The minimum absolute atomic E-state index is 0.131. The highest BCUT2D eigenvalue weighted by atomic mass is 32.1. The summed E-state index contributed by atoms with van der Waals surface area (Å²) < 4.78 is 5.09. The van der Waals surface area contributed by atoms with Crippen LogP contribution < -0.4 is 4.90 Å². The molecule has 0 atom stereocenters. The summed E-state index contributed by atoms with van der Waals surface area (Å²) >= 11 is 1.39. The average molecular weight is 256 g/mol. The van der Waals surface area contributed by atoms with Gasteiger partial charge in [-0.25, -0.2) is 9.78 Å². The number of methoxy groups -OCH3 is 1. The Bertz CT molecular complexity index is 390. The molecule has 1 N–H and O–H groups in total. The Kier molecular flexibility index (Phi) is 3.96. The largest absolute Gasteiger partial charge is 0.476 e. The van der Waals surface area contributed by atoms with Gasteiger partial charge in [0.2, 0.25) is 0 Å². The maximum absolute atomic E-state index is 10.8. The topological polar surface area (TPSA) is 62.7 Å². The van der Waals surface area contributed by atoms with Crippen LogP contribution in [0, 0.1) is 0 Å². The molecule has 0 radical (unpaired) electrons. The fraction of sp³-hybridized carbons (Fsp3) is 0.636. The van der Waals surface area contributed by atoms with Crippen molar-refractivity contribution < 1.29 is 14.6 Å². The van der Waals surface area contributed by atoms with E-state index in [-0.39, 0.29) is 5.69 Å². The van der Waals surface area contributed by atoms with Crippen molar-refractivity contribution in [2.75, 3.05) is 25.2 Å². The van der Waals surface area contributed by atoms with Crippen LogP contribution in [0.5, 0.6) is 0 Å². The van der Waals surface area contributed by atoms with E-state index in [9.17, 15) is 4.79 Å². The van der Waals surface area contributed by atoms with E-state index >= 15 is 0 Å². The van der Waals surface area contributed by atoms with Crippen LogP contribution in [0.1, 0.15) is 29.8 Å². The van der Waals surface area contributed by atoms with Crippen molar-refractivity contribution in [1.29, 1.82) is 0 Å². The molecule has 0 saturated heterocycles. The van der Waals surface area contributed by atoms with Crippen molar-refractivity contribution >= 4 is 22.4 Å². The smallest absolute Gasteiger partial charge is 0.355 e. The number of thiazole rings is 1. The van der Waals surface area contributed by atoms with E-state index in [1.807, 2.05) is 0 Å². The van der Waals surface area contributed by atoms with Gasteiger partial charge in [-0.3, -0.25) is 0 Å². The number of hydrogen-bond donors (Lipinski definition) is 1. The lowest BCUT2D eigenvalue weighted by Gasteiger charge is -2.37. The number of hydrogen-bond acceptors (Lipinski definition) is 5. The number of carboxylic acids is 1. The van der Waals surface area contributed by atoms with Crippen LogP contribution in [0.15, 0.2) is 5.38 Å². The first-order valence-corrected chi connectivity index (χ1v) is 6.54. The van der Waals surface area contributed by atoms with E-state index in [2.05, 4.69) is 9.88 Å². The zero-order valence-electron chi connectivity index (χ0n) is 9.76. The quantitative estimate of drug-likeness (QED) is 0.841. The van der Waals surface area contributed by atoms with Gasteiger partial charge in [0.25, 0.3) is 0 Å². The molecule has 2 rings (SSSR count). The summed E-state index contributed by atoms with van der Waals surface area (Å²) in [5.41, 5.74) is 0.131. The Balaban J connectivity index is 2.09. The Labute approximate surface area is 104 Å². The maximum atomic E-state index is 10.8. The maximum Gasteiger partial charge on any atom is 0.355 e. The molecule has 0 bridgehead atoms. The van der Waals surface area contributed by atoms with Crippen molar-refractivity contribution in [2.45, 2.75) is 25.3 Å². The number of carboxylic acid groups (broad SMARTS) is 1. The molecule has 0 aromatic carbocycles. The Hall–Kier alpha value is -1.14. The summed E-state index contributed by atoms with van der Waals surface area (Å²) in [6.07, 6.45) is 3.56. The molecule has 1 aliphatic carbocycles. The standard InChI is InChI=1S/C11H16N2O3S/c1-16-6-5-13(8-3-2-4-8)11-12-9(7-17-11)10(14)15/h7-8H,2-6H2,1H3,(H,14,15). The minimum Gasteiger partial charge on any atom is -0.476 e. The molecule has 1 fully saturated rings. The first-order chi connectivity index (χ1) is 8.22. The highest BCUT2D eigenvalue weighted by Crippen LogP contribution is 2.31. The van der Waals surface area contributed by atoms with Crippen molar-refractivity contribution in [1.82, 2.24) is 4.98 Å². The third-order valence-electron chi connectivity index (χ3n) is 3.01. The molecule has 1 aromatic rings. The van der Waals surface area contributed by atoms with Crippen LogP contribution in [0.2, 0.25) is 0 Å². The molecule has 0 spiro atoms. The van der Waals surface area contributed by atoms with Gasteiger partial charge in [-0.15, -0.1) is 11.3 Å². The van der Waals surface area contributed by atoms with Crippen LogP contribution in [-0.4, -0.2) is 42.4 Å². The minimum atomic E-state index is -0.965. The van der Waals surface area contributed by atoms with Gasteiger partial charge in [-0.1, -0.05) is 0 Å². The second-order valence-electron chi connectivity index (χ2n) is 4.09. The molecular formula is C11H16N2O3S. The zero-order valence-corrected chi connectivity index (χ0v) is 10.6. The normalized spacial score (nSPS) is 15.6. The molecule has 0 unspecified atom stereocenters. The van der Waals surface area contributed by atoms with E-state index in [1.54, 1.807) is 12.5 Å². The number of carbonyl (C=O) groups is 1. The zero-order chi connectivity index (χ0) is 12.3. The molecule has 1 saturated carbocycles. The molecule has 0 amide bonds. The molecular weight excluding hydrogens is 240 g/mol. The van der Waals surface area contributed by atoms with Gasteiger partial charge in [-0.2, -0.15) is 0 Å². The van der Waals surface area contributed by atoms with Crippen LogP contribution >= 0.6 is 11.3 Å². The van der Waals surface area contributed by atoms with E-state index in [0.717, 1.165) is 24.5 Å². The molecule has 0 aliphatic heterocycles. The number of rotatable bonds is 6. The van der Waals surface area contributed by atoms with Gasteiger partial charge < -0.3 is 14.7 Å². The summed E-state index contributed by atoms with van der Waals surface area (Å²) in [7, 11) is 1.67. The Morgan fingerprint density at radius 2 is 2.47 bits per heavy atom. The van der Waals surface area contributed by atoms with Gasteiger partial charge in [0.15, 0.2) is 10.8 Å². The number of ether oxygens (including phenoxy) is 1. The third kappa shape index (κ3) is 2.76. The summed E-state index contributed by atoms with van der Waals surface area (Å²) in [5.74, 6) is -0.965. The average Bonchev–Trinajstić information content (AvgIpc) is 2.70. The second-order valence-corrected chi connectivity index (χ2v) is 4.93. The molecule has 94 valence electrons. The summed E-state index contributed by atoms with van der Waals surface area (Å²) in [6, 6.07) is 0.498. The molecule has 6 heteroatoms. The Morgan fingerprint density at radius 1 is 1.71 bits per heavy atom. The number of nitrogens with zero attached hydrogens (tertiary/aromatic N) is 2. The van der Waals surface area contributed by atoms with Crippen LogP contribution in [0.25, 0.3) is 0 Å². The predicted octanol–water partition coefficient (Wildman–Crippen LogP) is 1.85. The highest BCUT2D eigenvalue weighted by molar-refractivity contribution is 7.13. The lowest BCUT2D eigenvalue weighted by molar-refractivity contribution is 0.0691. The van der Waals surface area contributed by atoms with Gasteiger partial charge in [0.1, 0.15) is 0 Å². The molecule has 5 nitrogen and oxygen atoms in total. The van der Waals surface area contributed by atoms with Crippen molar-refractivity contribution in [3.8, 4) is 0 Å². The molecule has 1 aliphatic rings. The highest BCUT2D eigenvalue weighted by Gasteiger charge is 2.27. The monoisotopic (exact) mass is 256 g/mol. The summed E-state index contributed by atoms with van der Waals surface area (Å²) in [6.45, 7) is 1.41. The fourth-order valence-electron chi connectivity index (χ4n) is 1.82. The molecule has 1 heterocycles. The summed E-state index contributed by atoms with van der Waals surface area (Å²) in [5, 5.41) is 11.3. The van der Waals surface area contributed by atoms with Crippen LogP contribution in [0.4, 0.5) is 5.13 Å². The molecule has 1 aromatic heterocycles. The van der Waals surface area contributed by atoms with E-state index in [4.69, 9.17) is 9.84 Å². The van der Waals surface area contributed by atoms with Gasteiger partial charge in [0, 0.05) is 25.1 Å². The van der Waals surface area contributed by atoms with E-state index < -0.39 is 5.97 Å². The van der Waals surface area contributed by atoms with Gasteiger partial charge in [-0.05, 0) is 19.3 Å². The number of anilines is 1. The SMILES string of the molecule is COCCN(c1nc(C(=O)O)cs1)C1CCC1. The third-order valence-corrected chi connectivity index (χ3v) is 3.89. The lowest BCUT2D eigenvalue weighted by Crippen LogP contribution is -2.42. The first kappa shape index (κ1) is 12.3.